The first-order chi connectivity index (χ1) is 12.1. The molecule has 0 aromatic heterocycles. The van der Waals surface area contributed by atoms with Gasteiger partial charge in [-0.2, -0.15) is 0 Å². The van der Waals surface area contributed by atoms with Crippen LogP contribution in [0.1, 0.15) is 17.5 Å². The summed E-state index contributed by atoms with van der Waals surface area (Å²) in [5.74, 6) is -0.347. The second-order valence-corrected chi connectivity index (χ2v) is 6.23. The number of nitrogens with zero attached hydrogens (tertiary/aromatic N) is 1. The molecular formula is C20H22N2O3. The summed E-state index contributed by atoms with van der Waals surface area (Å²) in [4.78, 5) is 26.6. The molecule has 130 valence electrons. The average Bonchev–Trinajstić information content (AvgIpc) is 2.59. The molecule has 25 heavy (non-hydrogen) atoms. The zero-order valence-electron chi connectivity index (χ0n) is 14.3. The largest absolute Gasteiger partial charge is 0.366 e. The first-order valence-electron chi connectivity index (χ1n) is 8.42. The number of hydrogen-bond donors (Lipinski definition) is 1. The van der Waals surface area contributed by atoms with Gasteiger partial charge in [0.2, 0.25) is 5.91 Å². The maximum atomic E-state index is 12.6. The molecule has 5 heteroatoms. The Bertz CT molecular complexity index is 746. The Hall–Kier alpha value is -2.66. The Morgan fingerprint density at radius 3 is 2.76 bits per heavy atom. The van der Waals surface area contributed by atoms with Crippen LogP contribution in [0.2, 0.25) is 0 Å². The van der Waals surface area contributed by atoms with Crippen molar-refractivity contribution in [3.05, 3.63) is 65.7 Å². The lowest BCUT2D eigenvalue weighted by molar-refractivity contribution is -0.155. The van der Waals surface area contributed by atoms with E-state index < -0.39 is 6.10 Å². The van der Waals surface area contributed by atoms with Gasteiger partial charge in [-0.05, 0) is 30.2 Å². The van der Waals surface area contributed by atoms with E-state index in [0.29, 0.717) is 19.7 Å². The number of anilines is 1. The SMILES string of the molecule is Cc1cccc(NC(=O)C[C@H]2OCCN(Cc3ccccc3)C2=O)c1. The van der Waals surface area contributed by atoms with E-state index in [4.69, 9.17) is 4.74 Å². The van der Waals surface area contributed by atoms with Gasteiger partial charge >= 0.3 is 0 Å². The molecule has 1 aliphatic heterocycles. The molecule has 2 aromatic carbocycles. The Morgan fingerprint density at radius 2 is 2.00 bits per heavy atom. The van der Waals surface area contributed by atoms with E-state index in [-0.39, 0.29) is 18.2 Å². The minimum absolute atomic E-state index is 0.0259. The third-order valence-electron chi connectivity index (χ3n) is 4.16. The number of morpholine rings is 1. The third-order valence-corrected chi connectivity index (χ3v) is 4.16. The highest BCUT2D eigenvalue weighted by molar-refractivity contribution is 5.95. The number of amides is 2. The van der Waals surface area contributed by atoms with Crippen LogP contribution < -0.4 is 5.32 Å². The number of benzene rings is 2. The molecule has 1 aliphatic rings. The summed E-state index contributed by atoms with van der Waals surface area (Å²) in [5, 5.41) is 2.83. The van der Waals surface area contributed by atoms with Crippen LogP contribution >= 0.6 is 0 Å². The molecule has 1 N–H and O–H groups in total. The summed E-state index contributed by atoms with van der Waals surface area (Å²) in [6.45, 7) is 3.49. The fourth-order valence-electron chi connectivity index (χ4n) is 2.90. The van der Waals surface area contributed by atoms with Crippen LogP contribution in [0.3, 0.4) is 0 Å². The number of nitrogens with one attached hydrogen (secondary N) is 1. The maximum Gasteiger partial charge on any atom is 0.252 e. The lowest BCUT2D eigenvalue weighted by Gasteiger charge is -2.32. The molecule has 0 unspecified atom stereocenters. The summed E-state index contributed by atoms with van der Waals surface area (Å²) in [7, 11) is 0. The molecule has 3 rings (SSSR count). The molecule has 0 saturated carbocycles. The highest BCUT2D eigenvalue weighted by atomic mass is 16.5. The van der Waals surface area contributed by atoms with Crippen LogP contribution in [0.4, 0.5) is 5.69 Å². The van der Waals surface area contributed by atoms with E-state index in [1.54, 1.807) is 4.90 Å². The average molecular weight is 338 g/mol. The van der Waals surface area contributed by atoms with E-state index >= 15 is 0 Å². The highest BCUT2D eigenvalue weighted by Crippen LogP contribution is 2.16. The van der Waals surface area contributed by atoms with Gasteiger partial charge in [-0.15, -0.1) is 0 Å². The summed E-state index contributed by atoms with van der Waals surface area (Å²) < 4.78 is 5.54. The molecule has 0 spiro atoms. The van der Waals surface area contributed by atoms with E-state index in [9.17, 15) is 9.59 Å². The molecule has 0 bridgehead atoms. The van der Waals surface area contributed by atoms with Gasteiger partial charge in [0, 0.05) is 18.8 Å². The van der Waals surface area contributed by atoms with Gasteiger partial charge in [0.25, 0.3) is 5.91 Å². The van der Waals surface area contributed by atoms with Crippen molar-refractivity contribution < 1.29 is 14.3 Å². The maximum absolute atomic E-state index is 12.6. The van der Waals surface area contributed by atoms with E-state index in [1.807, 2.05) is 61.5 Å². The van der Waals surface area contributed by atoms with Gasteiger partial charge in [-0.1, -0.05) is 42.5 Å². The van der Waals surface area contributed by atoms with Gasteiger partial charge in [-0.25, -0.2) is 0 Å². The van der Waals surface area contributed by atoms with Crippen molar-refractivity contribution in [3.63, 3.8) is 0 Å². The molecule has 0 radical (unpaired) electrons. The summed E-state index contributed by atoms with van der Waals surface area (Å²) in [6.07, 6.45) is -0.694. The zero-order valence-corrected chi connectivity index (χ0v) is 14.3. The minimum atomic E-state index is -0.720. The van der Waals surface area contributed by atoms with Crippen molar-refractivity contribution in [1.82, 2.24) is 4.90 Å². The first-order valence-corrected chi connectivity index (χ1v) is 8.42. The Balaban J connectivity index is 1.58. The molecule has 2 aromatic rings. The third kappa shape index (κ3) is 4.67. The monoisotopic (exact) mass is 338 g/mol. The molecule has 1 atom stereocenters. The van der Waals surface area contributed by atoms with Crippen molar-refractivity contribution in [2.45, 2.75) is 26.0 Å². The van der Waals surface area contributed by atoms with E-state index in [0.717, 1.165) is 16.8 Å². The first kappa shape index (κ1) is 17.2. The van der Waals surface area contributed by atoms with E-state index in [1.165, 1.54) is 0 Å². The molecule has 0 aliphatic carbocycles. The van der Waals surface area contributed by atoms with Crippen molar-refractivity contribution in [3.8, 4) is 0 Å². The molecule has 2 amide bonds. The van der Waals surface area contributed by atoms with Crippen LogP contribution in [-0.4, -0.2) is 36.0 Å². The van der Waals surface area contributed by atoms with Gasteiger partial charge in [-0.3, -0.25) is 9.59 Å². The molecule has 1 saturated heterocycles. The molecule has 5 nitrogen and oxygen atoms in total. The fourth-order valence-corrected chi connectivity index (χ4v) is 2.90. The van der Waals surface area contributed by atoms with Crippen molar-refractivity contribution in [2.24, 2.45) is 0 Å². The second kappa shape index (κ2) is 7.94. The number of rotatable bonds is 5. The normalized spacial score (nSPS) is 17.4. The topological polar surface area (TPSA) is 58.6 Å². The zero-order chi connectivity index (χ0) is 17.6. The highest BCUT2D eigenvalue weighted by Gasteiger charge is 2.31. The van der Waals surface area contributed by atoms with Crippen molar-refractivity contribution in [2.75, 3.05) is 18.5 Å². The number of ether oxygens (including phenoxy) is 1. The van der Waals surface area contributed by atoms with E-state index in [2.05, 4.69) is 5.32 Å². The summed E-state index contributed by atoms with van der Waals surface area (Å²) in [6, 6.07) is 17.4. The van der Waals surface area contributed by atoms with Crippen LogP contribution in [0.15, 0.2) is 54.6 Å². The molecule has 1 heterocycles. The molecule has 1 fully saturated rings. The summed E-state index contributed by atoms with van der Waals surface area (Å²) >= 11 is 0. The van der Waals surface area contributed by atoms with Crippen LogP contribution in [0.5, 0.6) is 0 Å². The number of aryl methyl sites for hydroxylation is 1. The fraction of sp³-hybridized carbons (Fsp3) is 0.300. The predicted molar refractivity (Wildman–Crippen MR) is 96.0 cm³/mol. The minimum Gasteiger partial charge on any atom is -0.366 e. The lowest BCUT2D eigenvalue weighted by atomic mass is 10.1. The Kier molecular flexibility index (Phi) is 5.46. The van der Waals surface area contributed by atoms with Gasteiger partial charge < -0.3 is 15.0 Å². The van der Waals surface area contributed by atoms with Gasteiger partial charge in [0.1, 0.15) is 6.10 Å². The van der Waals surface area contributed by atoms with Crippen molar-refractivity contribution in [1.29, 1.82) is 0 Å². The van der Waals surface area contributed by atoms with Gasteiger partial charge in [0.15, 0.2) is 0 Å². The van der Waals surface area contributed by atoms with Crippen LogP contribution in [-0.2, 0) is 20.9 Å². The molecular weight excluding hydrogens is 316 g/mol. The van der Waals surface area contributed by atoms with Crippen LogP contribution in [0, 0.1) is 6.92 Å². The predicted octanol–water partition coefficient (Wildman–Crippen LogP) is 2.75. The smallest absolute Gasteiger partial charge is 0.252 e. The second-order valence-electron chi connectivity index (χ2n) is 6.23. The van der Waals surface area contributed by atoms with Crippen molar-refractivity contribution >= 4 is 17.5 Å². The number of carbonyl (C=O) groups excluding carboxylic acids is 2. The van der Waals surface area contributed by atoms with Crippen LogP contribution in [0.25, 0.3) is 0 Å². The Morgan fingerprint density at radius 1 is 1.20 bits per heavy atom. The number of hydrogen-bond acceptors (Lipinski definition) is 3. The van der Waals surface area contributed by atoms with Gasteiger partial charge in [0.05, 0.1) is 13.0 Å². The Labute approximate surface area is 147 Å². The standard InChI is InChI=1S/C20H22N2O3/c1-15-6-5-9-17(12-15)21-19(23)13-18-20(24)22(10-11-25-18)14-16-7-3-2-4-8-16/h2-9,12,18H,10-11,13-14H2,1H3,(H,21,23)/t18-/m1/s1. The lowest BCUT2D eigenvalue weighted by Crippen LogP contribution is -2.48. The summed E-state index contributed by atoms with van der Waals surface area (Å²) in [5.41, 5.74) is 2.87. The quantitative estimate of drug-likeness (QED) is 0.912. The number of carbonyl (C=O) groups is 2.